The molecule has 1 N–H and O–H groups in total. The third-order valence-electron chi connectivity index (χ3n) is 4.26. The van der Waals surface area contributed by atoms with Crippen LogP contribution in [0.15, 0.2) is 0 Å². The van der Waals surface area contributed by atoms with Crippen molar-refractivity contribution in [3.63, 3.8) is 0 Å². The van der Waals surface area contributed by atoms with Crippen LogP contribution < -0.4 is 5.32 Å². The van der Waals surface area contributed by atoms with Gasteiger partial charge in [-0.25, -0.2) is 0 Å². The molecule has 1 aliphatic rings. The Bertz CT molecular complexity index is 259. The van der Waals surface area contributed by atoms with E-state index in [9.17, 15) is 4.79 Å². The molecule has 0 radical (unpaired) electrons. The van der Waals surface area contributed by atoms with Gasteiger partial charge in [0.25, 0.3) is 0 Å². The van der Waals surface area contributed by atoms with E-state index in [1.54, 1.807) is 0 Å². The van der Waals surface area contributed by atoms with Crippen LogP contribution in [0, 0.1) is 11.3 Å². The average Bonchev–Trinajstić information content (AvgIpc) is 2.42. The molecule has 1 aliphatic carbocycles. The van der Waals surface area contributed by atoms with Gasteiger partial charge < -0.3 is 5.32 Å². The molecule has 0 atom stereocenters. The summed E-state index contributed by atoms with van der Waals surface area (Å²) in [5.74, 6) is 1.05. The molecule has 1 saturated carbocycles. The molecule has 112 valence electrons. The topological polar surface area (TPSA) is 29.1 Å². The predicted molar refractivity (Wildman–Crippen MR) is 85.6 cm³/mol. The molecule has 0 aromatic carbocycles. The summed E-state index contributed by atoms with van der Waals surface area (Å²) in [7, 11) is 0. The zero-order chi connectivity index (χ0) is 14.1. The highest BCUT2D eigenvalue weighted by Crippen LogP contribution is 2.27. The minimum Gasteiger partial charge on any atom is -0.356 e. The maximum atomic E-state index is 11.9. The van der Waals surface area contributed by atoms with Gasteiger partial charge in [-0.1, -0.05) is 61.9 Å². The Morgan fingerprint density at radius 3 is 2.58 bits per heavy atom. The summed E-state index contributed by atoms with van der Waals surface area (Å²) in [6.45, 7) is 5.28. The van der Waals surface area contributed by atoms with Gasteiger partial charge in [-0.2, -0.15) is 0 Å². The average molecular weight is 332 g/mol. The number of rotatable bonds is 8. The van der Waals surface area contributed by atoms with Crippen LogP contribution in [0.25, 0.3) is 0 Å². The highest BCUT2D eigenvalue weighted by Gasteiger charge is 2.19. The summed E-state index contributed by atoms with van der Waals surface area (Å²) in [4.78, 5) is 11.9. The fourth-order valence-corrected chi connectivity index (χ4v) is 3.15. The van der Waals surface area contributed by atoms with Gasteiger partial charge >= 0.3 is 0 Å². The van der Waals surface area contributed by atoms with Crippen molar-refractivity contribution in [2.24, 2.45) is 11.3 Å². The first-order valence-corrected chi connectivity index (χ1v) is 8.98. The van der Waals surface area contributed by atoms with E-state index in [0.717, 1.165) is 37.1 Å². The molecule has 0 aromatic rings. The second kappa shape index (κ2) is 8.99. The van der Waals surface area contributed by atoms with Gasteiger partial charge in [-0.05, 0) is 30.6 Å². The lowest BCUT2D eigenvalue weighted by Gasteiger charge is -2.25. The van der Waals surface area contributed by atoms with E-state index >= 15 is 0 Å². The number of amides is 1. The Kier molecular flexibility index (Phi) is 8.05. The molecular formula is C16H30BrNO. The lowest BCUT2D eigenvalue weighted by molar-refractivity contribution is -0.121. The third-order valence-corrected chi connectivity index (χ3v) is 4.82. The molecule has 0 unspecified atom stereocenters. The number of hydrogen-bond donors (Lipinski definition) is 1. The Balaban J connectivity index is 2.12. The molecular weight excluding hydrogens is 302 g/mol. The molecule has 0 aromatic heterocycles. The number of alkyl halides is 1. The van der Waals surface area contributed by atoms with E-state index in [1.807, 2.05) is 0 Å². The van der Waals surface area contributed by atoms with Crippen molar-refractivity contribution in [2.45, 2.75) is 71.6 Å². The Hall–Kier alpha value is -0.0500. The predicted octanol–water partition coefficient (Wildman–Crippen LogP) is 4.66. The molecule has 0 aliphatic heterocycles. The molecule has 0 bridgehead atoms. The summed E-state index contributed by atoms with van der Waals surface area (Å²) in [6, 6.07) is 0. The molecule has 3 heteroatoms. The van der Waals surface area contributed by atoms with Gasteiger partial charge in [0.1, 0.15) is 0 Å². The van der Waals surface area contributed by atoms with Gasteiger partial charge in [0, 0.05) is 18.3 Å². The molecule has 2 nitrogen and oxygen atoms in total. The van der Waals surface area contributed by atoms with E-state index in [1.165, 1.54) is 38.5 Å². The first-order valence-electron chi connectivity index (χ1n) is 7.86. The fourth-order valence-electron chi connectivity index (χ4n) is 2.87. The Morgan fingerprint density at radius 1 is 1.26 bits per heavy atom. The first-order chi connectivity index (χ1) is 9.03. The van der Waals surface area contributed by atoms with Crippen molar-refractivity contribution in [3.8, 4) is 0 Å². The molecule has 1 amide bonds. The van der Waals surface area contributed by atoms with Crippen molar-refractivity contribution in [1.29, 1.82) is 0 Å². The van der Waals surface area contributed by atoms with Gasteiger partial charge in [-0.15, -0.1) is 0 Å². The van der Waals surface area contributed by atoms with Gasteiger partial charge in [0.05, 0.1) is 0 Å². The van der Waals surface area contributed by atoms with Crippen LogP contribution >= 0.6 is 15.9 Å². The van der Waals surface area contributed by atoms with Crippen LogP contribution in [0.2, 0.25) is 0 Å². The second-order valence-electron chi connectivity index (χ2n) is 6.78. The summed E-state index contributed by atoms with van der Waals surface area (Å²) in [5.41, 5.74) is 0.217. The first kappa shape index (κ1) is 17.0. The highest BCUT2D eigenvalue weighted by molar-refractivity contribution is 9.09. The second-order valence-corrected chi connectivity index (χ2v) is 7.57. The Labute approximate surface area is 127 Å². The van der Waals surface area contributed by atoms with E-state index in [0.29, 0.717) is 0 Å². The Morgan fingerprint density at radius 2 is 1.95 bits per heavy atom. The summed E-state index contributed by atoms with van der Waals surface area (Å²) >= 11 is 3.46. The monoisotopic (exact) mass is 331 g/mol. The standard InChI is InChI=1S/C16H30BrNO/c1-16(2,11-6-12-17)13-18-15(19)10-9-14-7-4-3-5-8-14/h14H,3-13H2,1-2H3,(H,18,19). The summed E-state index contributed by atoms with van der Waals surface area (Å²) in [6.07, 6.45) is 10.9. The van der Waals surface area contributed by atoms with Gasteiger partial charge in [-0.3, -0.25) is 4.79 Å². The molecule has 0 saturated heterocycles. The lowest BCUT2D eigenvalue weighted by atomic mass is 9.86. The van der Waals surface area contributed by atoms with Crippen molar-refractivity contribution in [1.82, 2.24) is 5.32 Å². The van der Waals surface area contributed by atoms with Gasteiger partial charge in [0.15, 0.2) is 0 Å². The molecule has 1 fully saturated rings. The van der Waals surface area contributed by atoms with Crippen LogP contribution in [0.4, 0.5) is 0 Å². The number of nitrogens with one attached hydrogen (secondary N) is 1. The highest BCUT2D eigenvalue weighted by atomic mass is 79.9. The van der Waals surface area contributed by atoms with Crippen molar-refractivity contribution in [3.05, 3.63) is 0 Å². The summed E-state index contributed by atoms with van der Waals surface area (Å²) < 4.78 is 0. The molecule has 19 heavy (non-hydrogen) atoms. The van der Waals surface area contributed by atoms with E-state index in [2.05, 4.69) is 35.1 Å². The molecule has 1 rings (SSSR count). The number of carbonyl (C=O) groups excluding carboxylic acids is 1. The maximum absolute atomic E-state index is 11.9. The van der Waals surface area contributed by atoms with Crippen molar-refractivity contribution in [2.75, 3.05) is 11.9 Å². The van der Waals surface area contributed by atoms with E-state index < -0.39 is 0 Å². The number of hydrogen-bond acceptors (Lipinski definition) is 1. The quantitative estimate of drug-likeness (QED) is 0.643. The summed E-state index contributed by atoms with van der Waals surface area (Å²) in [5, 5.41) is 4.16. The zero-order valence-electron chi connectivity index (χ0n) is 12.6. The molecule has 0 heterocycles. The number of halogens is 1. The molecule has 0 spiro atoms. The lowest BCUT2D eigenvalue weighted by Crippen LogP contribution is -2.34. The van der Waals surface area contributed by atoms with Crippen LogP contribution in [0.5, 0.6) is 0 Å². The SMILES string of the molecule is CC(C)(CCCBr)CNC(=O)CCC1CCCCC1. The zero-order valence-corrected chi connectivity index (χ0v) is 14.2. The van der Waals surface area contributed by atoms with Crippen molar-refractivity contribution >= 4 is 21.8 Å². The van der Waals surface area contributed by atoms with Gasteiger partial charge in [0.2, 0.25) is 5.91 Å². The third kappa shape index (κ3) is 7.96. The smallest absolute Gasteiger partial charge is 0.220 e. The van der Waals surface area contributed by atoms with Crippen LogP contribution in [-0.4, -0.2) is 17.8 Å². The van der Waals surface area contributed by atoms with Crippen LogP contribution in [0.3, 0.4) is 0 Å². The maximum Gasteiger partial charge on any atom is 0.220 e. The van der Waals surface area contributed by atoms with E-state index in [4.69, 9.17) is 0 Å². The minimum atomic E-state index is 0.217. The largest absolute Gasteiger partial charge is 0.356 e. The van der Waals surface area contributed by atoms with Crippen LogP contribution in [-0.2, 0) is 4.79 Å². The normalized spacial score (nSPS) is 17.4. The number of carbonyl (C=O) groups is 1. The van der Waals surface area contributed by atoms with E-state index in [-0.39, 0.29) is 11.3 Å². The minimum absolute atomic E-state index is 0.217. The fraction of sp³-hybridized carbons (Fsp3) is 0.938. The van der Waals surface area contributed by atoms with Crippen molar-refractivity contribution < 1.29 is 4.79 Å². The van der Waals surface area contributed by atoms with Crippen LogP contribution in [0.1, 0.15) is 71.6 Å².